The number of hydrogen-bond donors (Lipinski definition) is 2. The standard InChI is InChI=1S/C30H32N2O6/c1-3-37-29(35)25(19-21-11-7-5-8-12-21)27(33)31-23-15-17-24(18-16-23)32-28(34)26(30(36)38-4-2)20-22-13-9-6-10-14-22/h5-18,25-26H,3-4,19-20H2,1-2H3,(H,31,33)(H,32,34)/t25-,26-/m0/s1. The van der Waals surface area contributed by atoms with E-state index < -0.39 is 35.6 Å². The lowest BCUT2D eigenvalue weighted by molar-refractivity contribution is -0.152. The van der Waals surface area contributed by atoms with Crippen LogP contribution in [0.25, 0.3) is 0 Å². The van der Waals surface area contributed by atoms with Gasteiger partial charge in [0.1, 0.15) is 11.8 Å². The summed E-state index contributed by atoms with van der Waals surface area (Å²) in [4.78, 5) is 50.9. The van der Waals surface area contributed by atoms with E-state index in [-0.39, 0.29) is 26.1 Å². The van der Waals surface area contributed by atoms with Crippen molar-refractivity contribution in [3.63, 3.8) is 0 Å². The van der Waals surface area contributed by atoms with E-state index in [9.17, 15) is 19.2 Å². The van der Waals surface area contributed by atoms with E-state index in [0.717, 1.165) is 11.1 Å². The number of carbonyl (C=O) groups is 4. The Morgan fingerprint density at radius 1 is 0.579 bits per heavy atom. The third-order valence-electron chi connectivity index (χ3n) is 5.76. The molecule has 2 N–H and O–H groups in total. The van der Waals surface area contributed by atoms with Crippen LogP contribution < -0.4 is 10.6 Å². The van der Waals surface area contributed by atoms with E-state index in [2.05, 4.69) is 10.6 Å². The maximum atomic E-state index is 13.0. The van der Waals surface area contributed by atoms with Crippen LogP contribution in [-0.2, 0) is 41.5 Å². The second kappa shape index (κ2) is 14.3. The van der Waals surface area contributed by atoms with Crippen molar-refractivity contribution in [1.29, 1.82) is 0 Å². The van der Waals surface area contributed by atoms with Crippen LogP contribution in [0.5, 0.6) is 0 Å². The zero-order valence-electron chi connectivity index (χ0n) is 21.5. The zero-order chi connectivity index (χ0) is 27.3. The van der Waals surface area contributed by atoms with Gasteiger partial charge in [-0.1, -0.05) is 60.7 Å². The van der Waals surface area contributed by atoms with Crippen molar-refractivity contribution in [3.05, 3.63) is 96.1 Å². The van der Waals surface area contributed by atoms with Crippen LogP contribution in [0.15, 0.2) is 84.9 Å². The molecule has 0 unspecified atom stereocenters. The molecule has 0 fully saturated rings. The van der Waals surface area contributed by atoms with Gasteiger partial charge in [0.05, 0.1) is 13.2 Å². The van der Waals surface area contributed by atoms with Crippen molar-refractivity contribution >= 4 is 35.1 Å². The van der Waals surface area contributed by atoms with Gasteiger partial charge >= 0.3 is 11.9 Å². The number of benzene rings is 3. The van der Waals surface area contributed by atoms with Crippen molar-refractivity contribution in [2.24, 2.45) is 11.8 Å². The maximum Gasteiger partial charge on any atom is 0.318 e. The third kappa shape index (κ3) is 8.30. The molecule has 38 heavy (non-hydrogen) atoms. The molecule has 0 radical (unpaired) electrons. The highest BCUT2D eigenvalue weighted by atomic mass is 16.5. The number of carbonyl (C=O) groups excluding carboxylic acids is 4. The fourth-order valence-corrected chi connectivity index (χ4v) is 3.85. The van der Waals surface area contributed by atoms with Crippen LogP contribution in [-0.4, -0.2) is 37.0 Å². The Morgan fingerprint density at radius 3 is 1.24 bits per heavy atom. The largest absolute Gasteiger partial charge is 0.465 e. The van der Waals surface area contributed by atoms with Crippen LogP contribution in [0, 0.1) is 11.8 Å². The molecule has 0 aliphatic rings. The Kier molecular flexibility index (Phi) is 10.6. The number of rotatable bonds is 12. The van der Waals surface area contributed by atoms with Crippen LogP contribution in [0.4, 0.5) is 11.4 Å². The molecule has 0 saturated heterocycles. The first-order valence-electron chi connectivity index (χ1n) is 12.5. The fraction of sp³-hybridized carbons (Fsp3) is 0.267. The molecule has 0 heterocycles. The van der Waals surface area contributed by atoms with Gasteiger partial charge in [-0.05, 0) is 62.1 Å². The average Bonchev–Trinajstić information content (AvgIpc) is 2.92. The smallest absolute Gasteiger partial charge is 0.318 e. The van der Waals surface area contributed by atoms with Crippen LogP contribution in [0.2, 0.25) is 0 Å². The van der Waals surface area contributed by atoms with Crippen molar-refractivity contribution < 1.29 is 28.7 Å². The van der Waals surface area contributed by atoms with Crippen LogP contribution >= 0.6 is 0 Å². The Labute approximate surface area is 222 Å². The number of anilines is 2. The molecule has 3 aromatic rings. The summed E-state index contributed by atoms with van der Waals surface area (Å²) < 4.78 is 10.2. The molecule has 3 rings (SSSR count). The number of hydrogen-bond acceptors (Lipinski definition) is 6. The van der Waals surface area contributed by atoms with Gasteiger partial charge in [-0.25, -0.2) is 0 Å². The van der Waals surface area contributed by atoms with E-state index >= 15 is 0 Å². The predicted molar refractivity (Wildman–Crippen MR) is 144 cm³/mol. The van der Waals surface area contributed by atoms with Crippen molar-refractivity contribution in [3.8, 4) is 0 Å². The molecule has 3 aromatic carbocycles. The van der Waals surface area contributed by atoms with Gasteiger partial charge in [0.15, 0.2) is 0 Å². The minimum Gasteiger partial charge on any atom is -0.465 e. The Balaban J connectivity index is 1.67. The lowest BCUT2D eigenvalue weighted by Crippen LogP contribution is -2.33. The van der Waals surface area contributed by atoms with Crippen molar-refractivity contribution in [2.75, 3.05) is 23.8 Å². The first kappa shape index (κ1) is 28.1. The summed E-state index contributed by atoms with van der Waals surface area (Å²) in [6.45, 7) is 3.72. The summed E-state index contributed by atoms with van der Waals surface area (Å²) in [5.41, 5.74) is 2.57. The third-order valence-corrected chi connectivity index (χ3v) is 5.76. The summed E-state index contributed by atoms with van der Waals surface area (Å²) in [6, 6.07) is 24.9. The molecule has 0 bridgehead atoms. The highest BCUT2D eigenvalue weighted by Gasteiger charge is 2.30. The molecule has 8 heteroatoms. The van der Waals surface area contributed by atoms with E-state index in [1.807, 2.05) is 60.7 Å². The SMILES string of the molecule is CCOC(=O)[C@@H](Cc1ccccc1)C(=O)Nc1ccc(NC(=O)[C@H](Cc2ccccc2)C(=O)OCC)cc1. The summed E-state index contributed by atoms with van der Waals surface area (Å²) in [5, 5.41) is 5.49. The molecule has 0 saturated carbocycles. The van der Waals surface area contributed by atoms with E-state index in [1.165, 1.54) is 0 Å². The summed E-state index contributed by atoms with van der Waals surface area (Å²) in [6.07, 6.45) is 0.409. The topological polar surface area (TPSA) is 111 Å². The van der Waals surface area contributed by atoms with Crippen molar-refractivity contribution in [1.82, 2.24) is 0 Å². The highest BCUT2D eigenvalue weighted by molar-refractivity contribution is 6.06. The predicted octanol–water partition coefficient (Wildman–Crippen LogP) is 4.41. The zero-order valence-corrected chi connectivity index (χ0v) is 21.5. The molecular formula is C30H32N2O6. The maximum absolute atomic E-state index is 13.0. The quantitative estimate of drug-likeness (QED) is 0.273. The van der Waals surface area contributed by atoms with Crippen LogP contribution in [0.1, 0.15) is 25.0 Å². The first-order chi connectivity index (χ1) is 18.4. The van der Waals surface area contributed by atoms with Gasteiger partial charge in [-0.2, -0.15) is 0 Å². The molecule has 0 aromatic heterocycles. The Hall–Kier alpha value is -4.46. The Bertz CT molecular complexity index is 1120. The second-order valence-corrected chi connectivity index (χ2v) is 8.54. The van der Waals surface area contributed by atoms with Gasteiger partial charge in [0, 0.05) is 11.4 Å². The van der Waals surface area contributed by atoms with Gasteiger partial charge in [0.25, 0.3) is 0 Å². The van der Waals surface area contributed by atoms with Crippen molar-refractivity contribution in [2.45, 2.75) is 26.7 Å². The molecule has 0 spiro atoms. The summed E-state index contributed by atoms with van der Waals surface area (Å²) >= 11 is 0. The van der Waals surface area contributed by atoms with Gasteiger partial charge in [-0.3, -0.25) is 19.2 Å². The summed E-state index contributed by atoms with van der Waals surface area (Å²) in [5.74, 6) is -4.20. The fourth-order valence-electron chi connectivity index (χ4n) is 3.85. The van der Waals surface area contributed by atoms with Crippen LogP contribution in [0.3, 0.4) is 0 Å². The molecule has 2 atom stereocenters. The lowest BCUT2D eigenvalue weighted by atomic mass is 9.98. The number of esters is 2. The van der Waals surface area contributed by atoms with Gasteiger partial charge in [0.2, 0.25) is 11.8 Å². The first-order valence-corrected chi connectivity index (χ1v) is 12.5. The molecule has 0 aliphatic carbocycles. The molecule has 0 aliphatic heterocycles. The second-order valence-electron chi connectivity index (χ2n) is 8.54. The highest BCUT2D eigenvalue weighted by Crippen LogP contribution is 2.19. The lowest BCUT2D eigenvalue weighted by Gasteiger charge is -2.17. The van der Waals surface area contributed by atoms with E-state index in [4.69, 9.17) is 9.47 Å². The Morgan fingerprint density at radius 2 is 0.921 bits per heavy atom. The number of nitrogens with one attached hydrogen (secondary N) is 2. The minimum absolute atomic E-state index is 0.170. The number of amides is 2. The average molecular weight is 517 g/mol. The van der Waals surface area contributed by atoms with Gasteiger partial charge < -0.3 is 20.1 Å². The number of ether oxygens (including phenoxy) is 2. The van der Waals surface area contributed by atoms with E-state index in [0.29, 0.717) is 11.4 Å². The van der Waals surface area contributed by atoms with E-state index in [1.54, 1.807) is 38.1 Å². The minimum atomic E-state index is -1.01. The van der Waals surface area contributed by atoms with Gasteiger partial charge in [-0.15, -0.1) is 0 Å². The monoisotopic (exact) mass is 516 g/mol. The molecule has 2 amide bonds. The normalized spacial score (nSPS) is 12.1. The molecule has 8 nitrogen and oxygen atoms in total. The molecular weight excluding hydrogens is 484 g/mol. The molecule has 198 valence electrons. The summed E-state index contributed by atoms with van der Waals surface area (Å²) in [7, 11) is 0.